The quantitative estimate of drug-likeness (QED) is 0.294. The van der Waals surface area contributed by atoms with Crippen molar-refractivity contribution < 1.29 is 19.0 Å². The molecule has 32 heavy (non-hydrogen) atoms. The zero-order valence-electron chi connectivity index (χ0n) is 17.5. The second-order valence-corrected chi connectivity index (χ2v) is 7.92. The Labute approximate surface area is 189 Å². The van der Waals surface area contributed by atoms with Crippen LogP contribution >= 0.6 is 11.3 Å². The number of pyridine rings is 1. The second-order valence-electron chi connectivity index (χ2n) is 7.04. The predicted molar refractivity (Wildman–Crippen MR) is 126 cm³/mol. The van der Waals surface area contributed by atoms with E-state index < -0.39 is 5.97 Å². The highest BCUT2D eigenvalue weighted by molar-refractivity contribution is 7.17. The number of ether oxygens (including phenoxy) is 3. The molecule has 0 aliphatic heterocycles. The van der Waals surface area contributed by atoms with Gasteiger partial charge in [0.2, 0.25) is 0 Å². The van der Waals surface area contributed by atoms with Gasteiger partial charge < -0.3 is 25.7 Å². The number of nitrogen functional groups attached to an aromatic ring is 2. The number of rotatable bonds is 8. The fourth-order valence-electron chi connectivity index (χ4n) is 3.19. The number of anilines is 2. The number of benzene rings is 2. The molecular weight excluding hydrogens is 426 g/mol. The van der Waals surface area contributed by atoms with E-state index in [1.54, 1.807) is 6.92 Å². The summed E-state index contributed by atoms with van der Waals surface area (Å²) >= 11 is 1.42. The van der Waals surface area contributed by atoms with Gasteiger partial charge in [-0.25, -0.2) is 9.78 Å². The number of hydrogen-bond donors (Lipinski definition) is 2. The Morgan fingerprint density at radius 2 is 1.75 bits per heavy atom. The van der Waals surface area contributed by atoms with Crippen molar-refractivity contribution in [2.75, 3.05) is 18.1 Å². The Bertz CT molecular complexity index is 1240. The highest BCUT2D eigenvalue weighted by atomic mass is 32.1. The maximum atomic E-state index is 12.2. The van der Waals surface area contributed by atoms with Crippen LogP contribution in [0.15, 0.2) is 60.1 Å². The van der Waals surface area contributed by atoms with Crippen LogP contribution in [0.1, 0.15) is 28.4 Å². The monoisotopic (exact) mass is 449 g/mol. The van der Waals surface area contributed by atoms with Crippen molar-refractivity contribution in [2.45, 2.75) is 20.1 Å². The second kappa shape index (κ2) is 9.57. The van der Waals surface area contributed by atoms with E-state index in [0.29, 0.717) is 36.1 Å². The third-order valence-corrected chi connectivity index (χ3v) is 5.84. The number of thiophene rings is 1. The van der Waals surface area contributed by atoms with Gasteiger partial charge in [-0.3, -0.25) is 0 Å². The molecule has 8 heteroatoms. The number of esters is 1. The Hall–Kier alpha value is -3.78. The van der Waals surface area contributed by atoms with E-state index in [1.807, 2.05) is 53.9 Å². The maximum absolute atomic E-state index is 12.2. The van der Waals surface area contributed by atoms with Crippen molar-refractivity contribution >= 4 is 38.9 Å². The highest BCUT2D eigenvalue weighted by Crippen LogP contribution is 2.33. The van der Waals surface area contributed by atoms with Gasteiger partial charge in [-0.15, -0.1) is 11.3 Å². The van der Waals surface area contributed by atoms with Crippen molar-refractivity contribution in [3.63, 3.8) is 0 Å². The molecule has 0 saturated carbocycles. The Balaban J connectivity index is 1.46. The lowest BCUT2D eigenvalue weighted by Gasteiger charge is -2.10. The van der Waals surface area contributed by atoms with Crippen LogP contribution in [0, 0.1) is 0 Å². The van der Waals surface area contributed by atoms with Crippen LogP contribution in [0.4, 0.5) is 11.5 Å². The van der Waals surface area contributed by atoms with E-state index in [1.165, 1.54) is 17.5 Å². The minimum atomic E-state index is -0.412. The normalized spacial score (nSPS) is 10.8. The van der Waals surface area contributed by atoms with Crippen LogP contribution in [0.2, 0.25) is 0 Å². The summed E-state index contributed by atoms with van der Waals surface area (Å²) in [5, 5.41) is 2.64. The fourth-order valence-corrected chi connectivity index (χ4v) is 4.25. The van der Waals surface area contributed by atoms with Crippen LogP contribution in [0.3, 0.4) is 0 Å². The molecular formula is C24H23N3O4S. The predicted octanol–water partition coefficient (Wildman–Crippen LogP) is 4.80. The minimum Gasteiger partial charge on any atom is -0.489 e. The molecule has 0 fully saturated rings. The SMILES string of the molecule is CCOC(=O)c1cnc(N)c2c(COc3cccc(OCc4ccc(N)cc4)c3)csc12. The van der Waals surface area contributed by atoms with Gasteiger partial charge in [-0.1, -0.05) is 18.2 Å². The first kappa shape index (κ1) is 21.5. The molecule has 0 bridgehead atoms. The molecule has 0 amide bonds. The average molecular weight is 450 g/mol. The largest absolute Gasteiger partial charge is 0.489 e. The molecule has 4 aromatic rings. The summed E-state index contributed by atoms with van der Waals surface area (Å²) in [5.41, 5.74) is 14.8. The molecule has 2 heterocycles. The molecule has 0 atom stereocenters. The number of carbonyl (C=O) groups excluding carboxylic acids is 1. The number of nitrogens with zero attached hydrogens (tertiary/aromatic N) is 1. The first-order valence-electron chi connectivity index (χ1n) is 10.1. The van der Waals surface area contributed by atoms with Gasteiger partial charge in [0, 0.05) is 28.9 Å². The van der Waals surface area contributed by atoms with Gasteiger partial charge in [0.1, 0.15) is 30.5 Å². The lowest BCUT2D eigenvalue weighted by atomic mass is 10.1. The highest BCUT2D eigenvalue weighted by Gasteiger charge is 2.18. The van der Waals surface area contributed by atoms with E-state index in [0.717, 1.165) is 26.9 Å². The number of hydrogen-bond acceptors (Lipinski definition) is 8. The first-order chi connectivity index (χ1) is 15.5. The third-order valence-electron chi connectivity index (χ3n) is 4.78. The summed E-state index contributed by atoms with van der Waals surface area (Å²) < 4.78 is 17.7. The van der Waals surface area contributed by atoms with Gasteiger partial charge in [0.25, 0.3) is 0 Å². The van der Waals surface area contributed by atoms with Crippen molar-refractivity contribution in [3.8, 4) is 11.5 Å². The lowest BCUT2D eigenvalue weighted by molar-refractivity contribution is 0.0528. The van der Waals surface area contributed by atoms with Crippen molar-refractivity contribution in [2.24, 2.45) is 0 Å². The van der Waals surface area contributed by atoms with E-state index in [9.17, 15) is 4.79 Å². The molecule has 0 saturated heterocycles. The summed E-state index contributed by atoms with van der Waals surface area (Å²) in [6, 6.07) is 15.0. The Morgan fingerprint density at radius 3 is 2.47 bits per heavy atom. The fraction of sp³-hybridized carbons (Fsp3) is 0.167. The van der Waals surface area contributed by atoms with Gasteiger partial charge in [0.05, 0.1) is 16.9 Å². The molecule has 0 aliphatic rings. The van der Waals surface area contributed by atoms with Gasteiger partial charge >= 0.3 is 5.97 Å². The molecule has 0 radical (unpaired) electrons. The number of fused-ring (bicyclic) bond motifs is 1. The molecule has 0 unspecified atom stereocenters. The van der Waals surface area contributed by atoms with Gasteiger partial charge in [-0.05, 0) is 42.1 Å². The lowest BCUT2D eigenvalue weighted by Crippen LogP contribution is -2.06. The number of carbonyl (C=O) groups is 1. The van der Waals surface area contributed by atoms with Crippen molar-refractivity contribution in [1.29, 1.82) is 0 Å². The topological polar surface area (TPSA) is 110 Å². The summed E-state index contributed by atoms with van der Waals surface area (Å²) in [6.45, 7) is 2.77. The van der Waals surface area contributed by atoms with Gasteiger partial charge in [0.15, 0.2) is 0 Å². The Morgan fingerprint density at radius 1 is 1.03 bits per heavy atom. The van der Waals surface area contributed by atoms with Crippen molar-refractivity contribution in [3.05, 3.63) is 76.8 Å². The molecule has 4 rings (SSSR count). The Kier molecular flexibility index (Phi) is 6.42. The molecule has 7 nitrogen and oxygen atoms in total. The molecule has 0 spiro atoms. The smallest absolute Gasteiger partial charge is 0.341 e. The first-order valence-corrected chi connectivity index (χ1v) is 10.9. The van der Waals surface area contributed by atoms with Crippen LogP contribution in [0.5, 0.6) is 11.5 Å². The van der Waals surface area contributed by atoms with Crippen LogP contribution in [-0.4, -0.2) is 17.6 Å². The summed E-state index contributed by atoms with van der Waals surface area (Å²) in [4.78, 5) is 16.4. The summed E-state index contributed by atoms with van der Waals surface area (Å²) in [5.74, 6) is 1.30. The molecule has 4 N–H and O–H groups in total. The van der Waals surface area contributed by atoms with Crippen LogP contribution < -0.4 is 20.9 Å². The number of nitrogens with two attached hydrogens (primary N) is 2. The van der Waals surface area contributed by atoms with E-state index in [-0.39, 0.29) is 6.61 Å². The molecule has 2 aromatic carbocycles. The third kappa shape index (κ3) is 4.76. The number of aromatic nitrogens is 1. The van der Waals surface area contributed by atoms with Crippen LogP contribution in [-0.2, 0) is 18.0 Å². The molecule has 164 valence electrons. The minimum absolute atomic E-state index is 0.277. The van der Waals surface area contributed by atoms with E-state index in [2.05, 4.69) is 4.98 Å². The van der Waals surface area contributed by atoms with Crippen LogP contribution in [0.25, 0.3) is 10.1 Å². The van der Waals surface area contributed by atoms with Gasteiger partial charge in [-0.2, -0.15) is 0 Å². The zero-order valence-corrected chi connectivity index (χ0v) is 18.4. The summed E-state index contributed by atoms with van der Waals surface area (Å²) in [6.07, 6.45) is 1.46. The van der Waals surface area contributed by atoms with E-state index in [4.69, 9.17) is 25.7 Å². The van der Waals surface area contributed by atoms with E-state index >= 15 is 0 Å². The standard InChI is InChI=1S/C24H23N3O4S/c1-2-29-24(28)20-11-27-23(26)21-16(14-32-22(20)21)13-31-19-5-3-4-18(10-19)30-12-15-6-8-17(25)9-7-15/h3-11,14H,2,12-13,25H2,1H3,(H2,26,27). The molecule has 2 aromatic heterocycles. The summed E-state index contributed by atoms with van der Waals surface area (Å²) in [7, 11) is 0. The molecule has 0 aliphatic carbocycles. The zero-order chi connectivity index (χ0) is 22.5. The maximum Gasteiger partial charge on any atom is 0.341 e. The average Bonchev–Trinajstić information content (AvgIpc) is 3.23. The van der Waals surface area contributed by atoms with Crippen molar-refractivity contribution in [1.82, 2.24) is 4.98 Å².